The van der Waals surface area contributed by atoms with E-state index in [9.17, 15) is 15.0 Å². The number of amides is 1. The molecule has 5 nitrogen and oxygen atoms in total. The van der Waals surface area contributed by atoms with E-state index in [0.29, 0.717) is 11.7 Å². The van der Waals surface area contributed by atoms with E-state index >= 15 is 0 Å². The SMILES string of the molecule is C=CCN1CC[C@@]2(c3cccc(O)c3)C[C@H](N(C)C(=O)C=Cc3cccc(O)c3)CC[C@@H]2C1. The third kappa shape index (κ3) is 4.98. The van der Waals surface area contributed by atoms with Crippen LogP contribution in [0.5, 0.6) is 11.5 Å². The Kier molecular flexibility index (Phi) is 6.89. The van der Waals surface area contributed by atoms with E-state index in [1.165, 1.54) is 5.56 Å². The molecule has 1 aliphatic carbocycles. The van der Waals surface area contributed by atoms with Gasteiger partial charge in [-0.15, -0.1) is 6.58 Å². The molecule has 33 heavy (non-hydrogen) atoms. The van der Waals surface area contributed by atoms with Crippen molar-refractivity contribution < 1.29 is 15.0 Å². The van der Waals surface area contributed by atoms with Crippen LogP contribution < -0.4 is 0 Å². The van der Waals surface area contributed by atoms with Crippen LogP contribution in [0.4, 0.5) is 0 Å². The molecule has 2 aromatic carbocycles. The van der Waals surface area contributed by atoms with E-state index in [0.717, 1.165) is 50.9 Å². The monoisotopic (exact) mass is 446 g/mol. The van der Waals surface area contributed by atoms with Crippen molar-refractivity contribution in [2.24, 2.45) is 5.92 Å². The predicted molar refractivity (Wildman–Crippen MR) is 132 cm³/mol. The van der Waals surface area contributed by atoms with Crippen molar-refractivity contribution in [3.63, 3.8) is 0 Å². The molecule has 2 N–H and O–H groups in total. The number of likely N-dealkylation sites (tertiary alicyclic amines) is 1. The topological polar surface area (TPSA) is 64.0 Å². The maximum absolute atomic E-state index is 13.0. The Labute approximate surface area is 196 Å². The van der Waals surface area contributed by atoms with Gasteiger partial charge in [0.15, 0.2) is 0 Å². The molecule has 2 fully saturated rings. The van der Waals surface area contributed by atoms with Crippen LogP contribution in [0.25, 0.3) is 6.08 Å². The number of fused-ring (bicyclic) bond motifs is 1. The number of carbonyl (C=O) groups excluding carboxylic acids is 1. The number of carbonyl (C=O) groups is 1. The van der Waals surface area contributed by atoms with Crippen molar-refractivity contribution in [2.75, 3.05) is 26.7 Å². The molecular formula is C28H34N2O3. The number of benzene rings is 2. The standard InChI is InChI=1S/C28H34N2O3/c1-3-15-30-16-14-28(22-7-5-9-26(32)18-22)19-24(12-11-23(28)20-30)29(2)27(33)13-10-21-6-4-8-25(31)17-21/h3-10,13,17-18,23-24,31-32H,1,11-12,14-16,19-20H2,2H3/t23-,24-,28+/m1/s1. The fourth-order valence-corrected chi connectivity index (χ4v) is 5.78. The molecule has 4 rings (SSSR count). The van der Waals surface area contributed by atoms with E-state index in [-0.39, 0.29) is 23.1 Å². The van der Waals surface area contributed by atoms with Crippen LogP contribution >= 0.6 is 0 Å². The van der Waals surface area contributed by atoms with Crippen LogP contribution in [-0.4, -0.2) is 58.6 Å². The fraction of sp³-hybridized carbons (Fsp3) is 0.393. The first-order valence-corrected chi connectivity index (χ1v) is 11.8. The van der Waals surface area contributed by atoms with Crippen LogP contribution in [-0.2, 0) is 10.2 Å². The van der Waals surface area contributed by atoms with E-state index in [1.807, 2.05) is 36.2 Å². The largest absolute Gasteiger partial charge is 0.508 e. The minimum atomic E-state index is -0.0528. The van der Waals surface area contributed by atoms with Gasteiger partial charge in [-0.25, -0.2) is 0 Å². The van der Waals surface area contributed by atoms with E-state index in [1.54, 1.807) is 36.4 Å². The Balaban J connectivity index is 1.55. The number of phenolic OH excluding ortho intramolecular Hbond substituents is 2. The van der Waals surface area contributed by atoms with Gasteiger partial charge in [0.05, 0.1) is 0 Å². The van der Waals surface area contributed by atoms with Crippen LogP contribution in [0.15, 0.2) is 67.3 Å². The lowest BCUT2D eigenvalue weighted by molar-refractivity contribution is -0.128. The summed E-state index contributed by atoms with van der Waals surface area (Å²) in [5.41, 5.74) is 1.93. The number of hydrogen-bond acceptors (Lipinski definition) is 4. The Bertz CT molecular complexity index is 1030. The average molecular weight is 447 g/mol. The fourth-order valence-electron chi connectivity index (χ4n) is 5.78. The highest BCUT2D eigenvalue weighted by Crippen LogP contribution is 2.50. The lowest BCUT2D eigenvalue weighted by atomic mass is 9.57. The summed E-state index contributed by atoms with van der Waals surface area (Å²) >= 11 is 0. The lowest BCUT2D eigenvalue weighted by Gasteiger charge is -2.54. The molecule has 1 aliphatic heterocycles. The molecule has 0 unspecified atom stereocenters. The van der Waals surface area contributed by atoms with E-state index in [2.05, 4.69) is 17.5 Å². The zero-order valence-electron chi connectivity index (χ0n) is 19.4. The van der Waals surface area contributed by atoms with Crippen molar-refractivity contribution in [3.8, 4) is 11.5 Å². The molecule has 0 aromatic heterocycles. The molecule has 174 valence electrons. The zero-order chi connectivity index (χ0) is 23.4. The second-order valence-electron chi connectivity index (χ2n) is 9.51. The number of nitrogens with zero attached hydrogens (tertiary/aromatic N) is 2. The number of aromatic hydroxyl groups is 2. The summed E-state index contributed by atoms with van der Waals surface area (Å²) in [7, 11) is 1.89. The minimum absolute atomic E-state index is 0.0306. The van der Waals surface area contributed by atoms with Crippen molar-refractivity contribution in [3.05, 3.63) is 78.4 Å². The van der Waals surface area contributed by atoms with Gasteiger partial charge in [-0.2, -0.15) is 0 Å². The molecule has 2 aliphatic rings. The normalized spacial score (nSPS) is 25.5. The van der Waals surface area contributed by atoms with Gasteiger partial charge in [0.2, 0.25) is 5.91 Å². The predicted octanol–water partition coefficient (Wildman–Crippen LogP) is 4.57. The Morgan fingerprint density at radius 2 is 1.94 bits per heavy atom. The van der Waals surface area contributed by atoms with Crippen LogP contribution in [0.2, 0.25) is 0 Å². The first kappa shape index (κ1) is 23.1. The number of hydrogen-bond donors (Lipinski definition) is 2. The molecule has 3 atom stereocenters. The Hall–Kier alpha value is -3.05. The number of phenols is 2. The second-order valence-corrected chi connectivity index (χ2v) is 9.51. The summed E-state index contributed by atoms with van der Waals surface area (Å²) in [4.78, 5) is 17.3. The van der Waals surface area contributed by atoms with Crippen LogP contribution in [0, 0.1) is 5.92 Å². The molecule has 1 saturated carbocycles. The van der Waals surface area contributed by atoms with Crippen LogP contribution in [0.3, 0.4) is 0 Å². The first-order chi connectivity index (χ1) is 15.9. The van der Waals surface area contributed by atoms with Crippen molar-refractivity contribution in [1.82, 2.24) is 9.80 Å². The highest BCUT2D eigenvalue weighted by molar-refractivity contribution is 5.91. The molecule has 1 heterocycles. The Morgan fingerprint density at radius 3 is 2.67 bits per heavy atom. The summed E-state index contributed by atoms with van der Waals surface area (Å²) in [5.74, 6) is 0.939. The quantitative estimate of drug-likeness (QED) is 0.504. The first-order valence-electron chi connectivity index (χ1n) is 11.8. The van der Waals surface area contributed by atoms with Gasteiger partial charge in [-0.05, 0) is 79.6 Å². The van der Waals surface area contributed by atoms with Gasteiger partial charge < -0.3 is 15.1 Å². The van der Waals surface area contributed by atoms with Crippen molar-refractivity contribution in [2.45, 2.75) is 37.1 Å². The van der Waals surface area contributed by atoms with Crippen molar-refractivity contribution >= 4 is 12.0 Å². The minimum Gasteiger partial charge on any atom is -0.508 e. The third-order valence-corrected chi connectivity index (χ3v) is 7.57. The molecule has 1 amide bonds. The van der Waals surface area contributed by atoms with Gasteiger partial charge in [0.25, 0.3) is 0 Å². The van der Waals surface area contributed by atoms with Crippen LogP contribution in [0.1, 0.15) is 36.8 Å². The summed E-state index contributed by atoms with van der Waals surface area (Å²) in [5, 5.41) is 19.9. The van der Waals surface area contributed by atoms with Gasteiger partial charge >= 0.3 is 0 Å². The smallest absolute Gasteiger partial charge is 0.246 e. The maximum Gasteiger partial charge on any atom is 0.246 e. The Morgan fingerprint density at radius 1 is 1.18 bits per heavy atom. The van der Waals surface area contributed by atoms with Gasteiger partial charge in [0.1, 0.15) is 11.5 Å². The van der Waals surface area contributed by atoms with Crippen molar-refractivity contribution in [1.29, 1.82) is 0 Å². The number of piperidine rings is 1. The molecule has 0 bridgehead atoms. The molecular weight excluding hydrogens is 412 g/mol. The summed E-state index contributed by atoms with van der Waals surface area (Å²) in [6, 6.07) is 14.7. The third-order valence-electron chi connectivity index (χ3n) is 7.57. The lowest BCUT2D eigenvalue weighted by Crippen LogP contribution is -2.56. The second kappa shape index (κ2) is 9.84. The van der Waals surface area contributed by atoms with E-state index in [4.69, 9.17) is 0 Å². The average Bonchev–Trinajstić information content (AvgIpc) is 2.82. The molecule has 1 saturated heterocycles. The number of likely N-dealkylation sites (N-methyl/N-ethyl adjacent to an activating group) is 1. The van der Waals surface area contributed by atoms with Gasteiger partial charge in [0, 0.05) is 37.7 Å². The summed E-state index contributed by atoms with van der Waals surface area (Å²) in [6.07, 6.45) is 9.23. The maximum atomic E-state index is 13.0. The highest BCUT2D eigenvalue weighted by Gasteiger charge is 2.49. The summed E-state index contributed by atoms with van der Waals surface area (Å²) in [6.45, 7) is 6.81. The molecule has 2 aromatic rings. The van der Waals surface area contributed by atoms with Gasteiger partial charge in [-0.1, -0.05) is 30.3 Å². The highest BCUT2D eigenvalue weighted by atomic mass is 16.3. The summed E-state index contributed by atoms with van der Waals surface area (Å²) < 4.78 is 0. The van der Waals surface area contributed by atoms with E-state index < -0.39 is 0 Å². The molecule has 5 heteroatoms. The molecule has 0 spiro atoms. The number of rotatable bonds is 6. The molecule has 0 radical (unpaired) electrons. The zero-order valence-corrected chi connectivity index (χ0v) is 19.4. The van der Waals surface area contributed by atoms with Gasteiger partial charge in [-0.3, -0.25) is 9.69 Å².